The highest BCUT2D eigenvalue weighted by atomic mass is 79.9. The van der Waals surface area contributed by atoms with Crippen LogP contribution in [0.2, 0.25) is 0 Å². The van der Waals surface area contributed by atoms with Crippen molar-refractivity contribution in [3.63, 3.8) is 0 Å². The predicted molar refractivity (Wildman–Crippen MR) is 104 cm³/mol. The van der Waals surface area contributed by atoms with Gasteiger partial charge in [0, 0.05) is 35.9 Å². The van der Waals surface area contributed by atoms with Crippen LogP contribution in [0.15, 0.2) is 52.0 Å². The molecule has 6 nitrogen and oxygen atoms in total. The van der Waals surface area contributed by atoms with Gasteiger partial charge in [-0.05, 0) is 46.3 Å². The number of rotatable bonds is 3. The molecular weight excluding hydrogens is 439 g/mol. The maximum absolute atomic E-state index is 12.8. The fourth-order valence-electron chi connectivity index (χ4n) is 2.92. The van der Waals surface area contributed by atoms with E-state index in [9.17, 15) is 18.0 Å². The second-order valence-corrected chi connectivity index (χ2v) is 7.06. The topological polar surface area (TPSA) is 64.7 Å². The van der Waals surface area contributed by atoms with Crippen molar-refractivity contribution in [2.75, 3.05) is 11.9 Å². The van der Waals surface area contributed by atoms with E-state index in [1.54, 1.807) is 23.0 Å². The Labute approximate surface area is 164 Å². The minimum Gasteiger partial charge on any atom is -0.361 e. The molecule has 0 amide bonds. The zero-order chi connectivity index (χ0) is 20.1. The van der Waals surface area contributed by atoms with Crippen LogP contribution < -0.4 is 10.9 Å². The number of nitrogens with one attached hydrogen (secondary N) is 1. The van der Waals surface area contributed by atoms with E-state index >= 15 is 0 Å². The van der Waals surface area contributed by atoms with Crippen molar-refractivity contribution < 1.29 is 13.2 Å². The smallest absolute Gasteiger partial charge is 0.361 e. The molecule has 0 bridgehead atoms. The summed E-state index contributed by atoms with van der Waals surface area (Å²) in [7, 11) is 1.81. The van der Waals surface area contributed by atoms with E-state index in [1.807, 2.05) is 25.4 Å². The summed E-state index contributed by atoms with van der Waals surface area (Å²) in [5.41, 5.74) is 1.38. The summed E-state index contributed by atoms with van der Waals surface area (Å²) in [6.07, 6.45) is -0.900. The van der Waals surface area contributed by atoms with E-state index in [0.717, 1.165) is 10.9 Å². The molecular formula is C18H13BrF3N5O. The molecule has 0 spiro atoms. The van der Waals surface area contributed by atoms with Gasteiger partial charge in [-0.3, -0.25) is 14.0 Å². The van der Waals surface area contributed by atoms with E-state index in [4.69, 9.17) is 0 Å². The molecule has 0 aliphatic heterocycles. The highest BCUT2D eigenvalue weighted by Gasteiger charge is 2.26. The molecule has 0 saturated heterocycles. The van der Waals surface area contributed by atoms with E-state index in [-0.39, 0.29) is 21.4 Å². The molecule has 0 fully saturated rings. The third-order valence-corrected chi connectivity index (χ3v) is 4.87. The van der Waals surface area contributed by atoms with Crippen LogP contribution in [0.5, 0.6) is 0 Å². The average Bonchev–Trinajstić information content (AvgIpc) is 3.01. The van der Waals surface area contributed by atoms with Crippen LogP contribution in [0.4, 0.5) is 19.0 Å². The molecule has 0 atom stereocenters. The van der Waals surface area contributed by atoms with Gasteiger partial charge in [0.1, 0.15) is 16.8 Å². The van der Waals surface area contributed by atoms with Crippen LogP contribution >= 0.6 is 15.9 Å². The molecule has 0 radical (unpaired) electrons. The number of hydrogen-bond donors (Lipinski definition) is 1. The van der Waals surface area contributed by atoms with Gasteiger partial charge in [-0.25, -0.2) is 4.98 Å². The normalized spacial score (nSPS) is 12.0. The first-order valence-corrected chi connectivity index (χ1v) is 8.97. The van der Waals surface area contributed by atoms with Crippen LogP contribution in [-0.2, 0) is 7.05 Å². The van der Waals surface area contributed by atoms with E-state index in [0.29, 0.717) is 11.1 Å². The van der Waals surface area contributed by atoms with E-state index < -0.39 is 12.7 Å². The Kier molecular flexibility index (Phi) is 4.37. The summed E-state index contributed by atoms with van der Waals surface area (Å²) in [6, 6.07) is 8.50. The third kappa shape index (κ3) is 3.47. The number of halogens is 4. The molecule has 3 aromatic heterocycles. The van der Waals surface area contributed by atoms with Gasteiger partial charge < -0.3 is 5.32 Å². The Hall–Kier alpha value is -2.88. The van der Waals surface area contributed by atoms with Crippen molar-refractivity contribution in [1.82, 2.24) is 19.3 Å². The third-order valence-electron chi connectivity index (χ3n) is 4.16. The van der Waals surface area contributed by atoms with Crippen molar-refractivity contribution in [2.45, 2.75) is 6.18 Å². The number of alkyl halides is 3. The number of aromatic nitrogens is 4. The summed E-state index contributed by atoms with van der Waals surface area (Å²) in [4.78, 5) is 16.9. The van der Waals surface area contributed by atoms with E-state index in [2.05, 4.69) is 31.3 Å². The minimum atomic E-state index is -4.36. The lowest BCUT2D eigenvalue weighted by Gasteiger charge is -2.12. The maximum atomic E-state index is 12.8. The molecule has 1 N–H and O–H groups in total. The Morgan fingerprint density at radius 1 is 1.14 bits per heavy atom. The zero-order valence-corrected chi connectivity index (χ0v) is 16.0. The molecule has 0 aliphatic rings. The van der Waals surface area contributed by atoms with E-state index in [1.165, 1.54) is 10.6 Å². The minimum absolute atomic E-state index is 0.0412. The number of hydrogen-bond acceptors (Lipinski definition) is 4. The van der Waals surface area contributed by atoms with Crippen molar-refractivity contribution in [1.29, 1.82) is 0 Å². The fourth-order valence-corrected chi connectivity index (χ4v) is 3.43. The Morgan fingerprint density at radius 2 is 1.93 bits per heavy atom. The zero-order valence-electron chi connectivity index (χ0n) is 14.5. The first-order valence-electron chi connectivity index (χ1n) is 8.17. The van der Waals surface area contributed by atoms with Crippen LogP contribution in [0.25, 0.3) is 27.5 Å². The molecule has 10 heteroatoms. The summed E-state index contributed by atoms with van der Waals surface area (Å²) >= 11 is 3.25. The number of aryl methyl sites for hydroxylation is 1. The van der Waals surface area contributed by atoms with Crippen molar-refractivity contribution in [2.24, 2.45) is 7.05 Å². The number of nitrogens with zero attached hydrogens (tertiary/aromatic N) is 4. The first-order chi connectivity index (χ1) is 13.2. The second-order valence-electron chi connectivity index (χ2n) is 6.27. The SMILES string of the molecule is Cn1cc2cc(-n3cc4ccc(NCC(F)(F)F)nc4c(Br)c3=O)ccc2n1. The van der Waals surface area contributed by atoms with Crippen LogP contribution in [0, 0.1) is 0 Å². The number of anilines is 1. The first kappa shape index (κ1) is 18.5. The average molecular weight is 452 g/mol. The summed E-state index contributed by atoms with van der Waals surface area (Å²) in [5, 5.41) is 8.01. The summed E-state index contributed by atoms with van der Waals surface area (Å²) < 4.78 is 40.5. The Balaban J connectivity index is 1.79. The molecule has 3 heterocycles. The molecule has 0 unspecified atom stereocenters. The van der Waals surface area contributed by atoms with Crippen LogP contribution in [0.1, 0.15) is 0 Å². The summed E-state index contributed by atoms with van der Waals surface area (Å²) in [6.45, 7) is -1.20. The molecule has 1 aromatic carbocycles. The lowest BCUT2D eigenvalue weighted by Crippen LogP contribution is -2.22. The van der Waals surface area contributed by atoms with Gasteiger partial charge in [0.2, 0.25) is 0 Å². The monoisotopic (exact) mass is 451 g/mol. The van der Waals surface area contributed by atoms with Gasteiger partial charge in [0.25, 0.3) is 5.56 Å². The summed E-state index contributed by atoms with van der Waals surface area (Å²) in [5.74, 6) is 0.0412. The molecule has 0 saturated carbocycles. The molecule has 4 rings (SSSR count). The molecule has 144 valence electrons. The molecule has 0 aliphatic carbocycles. The Morgan fingerprint density at radius 3 is 2.68 bits per heavy atom. The lowest BCUT2D eigenvalue weighted by atomic mass is 10.2. The highest BCUT2D eigenvalue weighted by molar-refractivity contribution is 9.10. The number of pyridine rings is 2. The Bertz CT molecular complexity index is 1260. The lowest BCUT2D eigenvalue weighted by molar-refractivity contribution is -0.115. The van der Waals surface area contributed by atoms with Crippen molar-refractivity contribution in [3.8, 4) is 5.69 Å². The number of benzene rings is 1. The van der Waals surface area contributed by atoms with Crippen molar-refractivity contribution in [3.05, 3.63) is 57.6 Å². The van der Waals surface area contributed by atoms with Crippen LogP contribution in [0.3, 0.4) is 0 Å². The van der Waals surface area contributed by atoms with Crippen molar-refractivity contribution >= 4 is 43.6 Å². The van der Waals surface area contributed by atoms with Gasteiger partial charge in [0.05, 0.1) is 11.0 Å². The van der Waals surface area contributed by atoms with Gasteiger partial charge in [0.15, 0.2) is 0 Å². The number of fused-ring (bicyclic) bond motifs is 2. The quantitative estimate of drug-likeness (QED) is 0.511. The second kappa shape index (κ2) is 6.62. The fraction of sp³-hybridized carbons (Fsp3) is 0.167. The van der Waals surface area contributed by atoms with Gasteiger partial charge >= 0.3 is 6.18 Å². The predicted octanol–water partition coefficient (Wildman–Crippen LogP) is 4.01. The standard InChI is InChI=1S/C18H13BrF3N5O/c1-26-7-11-6-12(3-4-13(11)25-26)27-8-10-2-5-14(23-9-18(20,21)22)24-16(10)15(19)17(27)28/h2-8H,9H2,1H3,(H,23,24). The highest BCUT2D eigenvalue weighted by Crippen LogP contribution is 2.24. The van der Waals surface area contributed by atoms with Gasteiger partial charge in [-0.1, -0.05) is 0 Å². The largest absolute Gasteiger partial charge is 0.405 e. The maximum Gasteiger partial charge on any atom is 0.405 e. The van der Waals surface area contributed by atoms with Crippen LogP contribution in [-0.4, -0.2) is 32.1 Å². The molecule has 28 heavy (non-hydrogen) atoms. The van der Waals surface area contributed by atoms with Gasteiger partial charge in [-0.15, -0.1) is 0 Å². The molecule has 4 aromatic rings. The van der Waals surface area contributed by atoms with Gasteiger partial charge in [-0.2, -0.15) is 18.3 Å².